The number of nitrogens with one attached hydrogen (secondary N) is 1. The third-order valence-electron chi connectivity index (χ3n) is 3.98. The van der Waals surface area contributed by atoms with Crippen molar-refractivity contribution in [3.8, 4) is 0 Å². The van der Waals surface area contributed by atoms with Crippen LogP contribution in [-0.2, 0) is 13.0 Å². The lowest BCUT2D eigenvalue weighted by atomic mass is 10.1. The second-order valence-corrected chi connectivity index (χ2v) is 5.81. The Bertz CT molecular complexity index is 946. The zero-order chi connectivity index (χ0) is 18.8. The van der Waals surface area contributed by atoms with Gasteiger partial charge in [0.15, 0.2) is 11.5 Å². The Morgan fingerprint density at radius 1 is 1.31 bits per heavy atom. The largest absolute Gasteiger partial charge is 0.456 e. The number of rotatable bonds is 6. The minimum Gasteiger partial charge on any atom is -0.456 e. The predicted molar refractivity (Wildman–Crippen MR) is 91.9 cm³/mol. The van der Waals surface area contributed by atoms with Crippen molar-refractivity contribution in [1.29, 1.82) is 0 Å². The van der Waals surface area contributed by atoms with Gasteiger partial charge in [0, 0.05) is 24.7 Å². The van der Waals surface area contributed by atoms with E-state index in [0.717, 1.165) is 11.3 Å². The van der Waals surface area contributed by atoms with Crippen LogP contribution < -0.4 is 11.1 Å². The molecule has 0 atom stereocenters. The number of nitrogens with zero attached hydrogens (tertiary/aromatic N) is 3. The van der Waals surface area contributed by atoms with Crippen molar-refractivity contribution in [2.24, 2.45) is 5.73 Å². The third kappa shape index (κ3) is 3.37. The van der Waals surface area contributed by atoms with E-state index in [1.807, 2.05) is 20.8 Å². The molecule has 136 valence electrons. The summed E-state index contributed by atoms with van der Waals surface area (Å²) in [5.74, 6) is 0.220. The summed E-state index contributed by atoms with van der Waals surface area (Å²) in [6, 6.07) is 3.28. The Kier molecular flexibility index (Phi) is 4.61. The molecule has 3 aromatic rings. The normalized spacial score (nSPS) is 10.9. The van der Waals surface area contributed by atoms with Gasteiger partial charge in [-0.05, 0) is 32.9 Å². The second kappa shape index (κ2) is 6.87. The molecule has 3 rings (SSSR count). The van der Waals surface area contributed by atoms with Gasteiger partial charge in [-0.1, -0.05) is 5.16 Å². The summed E-state index contributed by atoms with van der Waals surface area (Å²) in [5, 5.41) is 10.5. The minimum atomic E-state index is -0.717. The highest BCUT2D eigenvalue weighted by atomic mass is 16.5. The number of hydrogen-bond donors (Lipinski definition) is 2. The molecule has 0 radical (unpaired) electrons. The molecule has 26 heavy (non-hydrogen) atoms. The van der Waals surface area contributed by atoms with Crippen molar-refractivity contribution in [3.05, 3.63) is 52.6 Å². The topological polar surface area (TPSA) is 129 Å². The molecule has 0 saturated carbocycles. The van der Waals surface area contributed by atoms with Crippen molar-refractivity contribution in [2.45, 2.75) is 33.7 Å². The van der Waals surface area contributed by atoms with Gasteiger partial charge < -0.3 is 20.0 Å². The molecule has 0 unspecified atom stereocenters. The van der Waals surface area contributed by atoms with Crippen LogP contribution in [0, 0.1) is 13.8 Å². The van der Waals surface area contributed by atoms with E-state index in [0.29, 0.717) is 24.5 Å². The number of carbonyl (C=O) groups is 2. The first-order chi connectivity index (χ1) is 12.4. The van der Waals surface area contributed by atoms with Gasteiger partial charge in [-0.25, -0.2) is 0 Å². The van der Waals surface area contributed by atoms with Crippen molar-refractivity contribution in [1.82, 2.24) is 14.9 Å². The smallest absolute Gasteiger partial charge is 0.291 e. The predicted octanol–water partition coefficient (Wildman–Crippen LogP) is 2.04. The van der Waals surface area contributed by atoms with E-state index >= 15 is 0 Å². The number of primary amides is 1. The molecular formula is C17H19N5O4. The summed E-state index contributed by atoms with van der Waals surface area (Å²) in [5.41, 5.74) is 7.25. The molecule has 3 aromatic heterocycles. The molecule has 9 nitrogen and oxygen atoms in total. The summed E-state index contributed by atoms with van der Waals surface area (Å²) in [6.45, 7) is 6.07. The number of furan rings is 1. The summed E-state index contributed by atoms with van der Waals surface area (Å²) >= 11 is 0. The van der Waals surface area contributed by atoms with Gasteiger partial charge in [-0.3, -0.25) is 14.3 Å². The molecule has 0 spiro atoms. The van der Waals surface area contributed by atoms with E-state index in [4.69, 9.17) is 14.7 Å². The number of aryl methyl sites for hydroxylation is 3. The van der Waals surface area contributed by atoms with Gasteiger partial charge in [-0.15, -0.1) is 0 Å². The minimum absolute atomic E-state index is 0.00250. The van der Waals surface area contributed by atoms with Crippen LogP contribution in [0.3, 0.4) is 0 Å². The van der Waals surface area contributed by atoms with Gasteiger partial charge in [0.2, 0.25) is 0 Å². The van der Waals surface area contributed by atoms with Gasteiger partial charge in [0.25, 0.3) is 11.8 Å². The lowest BCUT2D eigenvalue weighted by Crippen LogP contribution is -2.17. The summed E-state index contributed by atoms with van der Waals surface area (Å²) in [4.78, 5) is 23.9. The lowest BCUT2D eigenvalue weighted by molar-refractivity contribution is 0.0995. The molecule has 0 aliphatic heterocycles. The van der Waals surface area contributed by atoms with E-state index < -0.39 is 11.8 Å². The fourth-order valence-electron chi connectivity index (χ4n) is 2.56. The Balaban J connectivity index is 1.77. The summed E-state index contributed by atoms with van der Waals surface area (Å²) < 4.78 is 12.2. The highest BCUT2D eigenvalue weighted by molar-refractivity contribution is 6.06. The lowest BCUT2D eigenvalue weighted by Gasteiger charge is -2.01. The Morgan fingerprint density at radius 3 is 2.69 bits per heavy atom. The highest BCUT2D eigenvalue weighted by Gasteiger charge is 2.19. The molecule has 0 bridgehead atoms. The summed E-state index contributed by atoms with van der Waals surface area (Å²) in [7, 11) is 0. The Morgan fingerprint density at radius 2 is 2.08 bits per heavy atom. The van der Waals surface area contributed by atoms with Crippen LogP contribution >= 0.6 is 0 Å². The number of hydrogen-bond acceptors (Lipinski definition) is 6. The monoisotopic (exact) mass is 357 g/mol. The quantitative estimate of drug-likeness (QED) is 0.694. The van der Waals surface area contributed by atoms with Crippen molar-refractivity contribution < 1.29 is 18.5 Å². The Hall–Kier alpha value is -3.36. The molecule has 0 aromatic carbocycles. The van der Waals surface area contributed by atoms with Crippen LogP contribution in [0.15, 0.2) is 27.3 Å². The number of carbonyl (C=O) groups excluding carboxylic acids is 2. The summed E-state index contributed by atoms with van der Waals surface area (Å²) in [6.07, 6.45) is 2.01. The highest BCUT2D eigenvalue weighted by Crippen LogP contribution is 2.20. The SMILES string of the molecule is CCn1cc(NC(=O)c2ccc(Cc3c(C)noc3C)o2)c(C(N)=O)n1. The van der Waals surface area contributed by atoms with Crippen molar-refractivity contribution in [3.63, 3.8) is 0 Å². The molecule has 0 saturated heterocycles. The van der Waals surface area contributed by atoms with Crippen LogP contribution in [0.5, 0.6) is 0 Å². The fourth-order valence-corrected chi connectivity index (χ4v) is 2.56. The third-order valence-corrected chi connectivity index (χ3v) is 3.98. The van der Waals surface area contributed by atoms with E-state index in [1.54, 1.807) is 18.3 Å². The Labute approximate surface area is 149 Å². The number of amides is 2. The van der Waals surface area contributed by atoms with Crippen molar-refractivity contribution >= 4 is 17.5 Å². The van der Waals surface area contributed by atoms with Crippen LogP contribution in [0.4, 0.5) is 5.69 Å². The maximum Gasteiger partial charge on any atom is 0.291 e. The van der Waals surface area contributed by atoms with Crippen molar-refractivity contribution in [2.75, 3.05) is 5.32 Å². The van der Waals surface area contributed by atoms with E-state index in [9.17, 15) is 9.59 Å². The van der Waals surface area contributed by atoms with Crippen LogP contribution in [0.2, 0.25) is 0 Å². The average Bonchev–Trinajstić information content (AvgIpc) is 3.30. The fraction of sp³-hybridized carbons (Fsp3) is 0.294. The van der Waals surface area contributed by atoms with E-state index in [-0.39, 0.29) is 17.1 Å². The zero-order valence-corrected chi connectivity index (χ0v) is 14.7. The van der Waals surface area contributed by atoms with Gasteiger partial charge in [0.1, 0.15) is 11.5 Å². The maximum atomic E-state index is 12.4. The first-order valence-corrected chi connectivity index (χ1v) is 8.08. The standard InChI is InChI=1S/C17H19N5O4/c1-4-22-8-13(15(20-22)16(18)23)19-17(24)14-6-5-11(25-14)7-12-9(2)21-26-10(12)3/h5-6,8H,4,7H2,1-3H3,(H2,18,23)(H,19,24). The molecule has 3 N–H and O–H groups in total. The number of anilines is 1. The van der Waals surface area contributed by atoms with Crippen LogP contribution in [-0.4, -0.2) is 26.8 Å². The maximum absolute atomic E-state index is 12.4. The molecule has 2 amide bonds. The molecule has 3 heterocycles. The van der Waals surface area contributed by atoms with Gasteiger partial charge >= 0.3 is 0 Å². The first kappa shape index (κ1) is 17.5. The molecule has 0 aliphatic rings. The van der Waals surface area contributed by atoms with E-state index in [2.05, 4.69) is 15.6 Å². The van der Waals surface area contributed by atoms with E-state index in [1.165, 1.54) is 4.68 Å². The number of nitrogens with two attached hydrogens (primary N) is 1. The molecule has 0 fully saturated rings. The molecular weight excluding hydrogens is 338 g/mol. The zero-order valence-electron chi connectivity index (χ0n) is 14.7. The first-order valence-electron chi connectivity index (χ1n) is 8.08. The van der Waals surface area contributed by atoms with Gasteiger partial charge in [-0.2, -0.15) is 5.10 Å². The molecule has 0 aliphatic carbocycles. The van der Waals surface area contributed by atoms with Crippen LogP contribution in [0.1, 0.15) is 50.7 Å². The van der Waals surface area contributed by atoms with Gasteiger partial charge in [0.05, 0.1) is 11.4 Å². The molecule has 9 heteroatoms. The second-order valence-electron chi connectivity index (χ2n) is 5.81. The van der Waals surface area contributed by atoms with Crippen LogP contribution in [0.25, 0.3) is 0 Å². The number of aromatic nitrogens is 3. The average molecular weight is 357 g/mol.